The normalized spacial score (nSPS) is 28.3. The predicted octanol–water partition coefficient (Wildman–Crippen LogP) is 3.98. The summed E-state index contributed by atoms with van der Waals surface area (Å²) in [5.74, 6) is -0.356. The maximum absolute atomic E-state index is 12.0. The molecule has 0 aromatic heterocycles. The van der Waals surface area contributed by atoms with Crippen molar-refractivity contribution in [3.63, 3.8) is 0 Å². The Balaban J connectivity index is 2.32. The maximum atomic E-state index is 12.0. The minimum atomic E-state index is -1.36. The van der Waals surface area contributed by atoms with Gasteiger partial charge in [-0.3, -0.25) is 29.8 Å². The average Bonchev–Trinajstić information content (AvgIpc) is 2.61. The summed E-state index contributed by atoms with van der Waals surface area (Å²) >= 11 is 0. The van der Waals surface area contributed by atoms with Gasteiger partial charge in [-0.15, -0.1) is 0 Å². The van der Waals surface area contributed by atoms with Gasteiger partial charge in [0.05, 0.1) is 0 Å². The molecule has 0 fully saturated rings. The largest absolute Gasteiger partial charge is 0.295 e. The molecule has 0 aliphatic heterocycles. The van der Waals surface area contributed by atoms with Gasteiger partial charge in [0.2, 0.25) is 11.1 Å². The highest BCUT2D eigenvalue weighted by molar-refractivity contribution is 5.94. The van der Waals surface area contributed by atoms with E-state index in [0.717, 1.165) is 11.1 Å². The topological polar surface area (TPSA) is 120 Å². The summed E-state index contributed by atoms with van der Waals surface area (Å²) in [7, 11) is 0. The highest BCUT2D eigenvalue weighted by Crippen LogP contribution is 2.44. The van der Waals surface area contributed by atoms with Crippen molar-refractivity contribution in [1.29, 1.82) is 0 Å². The van der Waals surface area contributed by atoms with Crippen LogP contribution in [-0.4, -0.2) is 32.5 Å². The Kier molecular flexibility index (Phi) is 6.21. The van der Waals surface area contributed by atoms with E-state index in [-0.39, 0.29) is 59.9 Å². The molecule has 2 atom stereocenters. The molecule has 0 unspecified atom stereocenters. The molecular weight excluding hydrogens is 364 g/mol. The monoisotopic (exact) mass is 392 g/mol. The first-order chi connectivity index (χ1) is 12.9. The molecule has 0 aromatic rings. The van der Waals surface area contributed by atoms with Crippen LogP contribution in [0.15, 0.2) is 22.3 Å². The van der Waals surface area contributed by atoms with Crippen LogP contribution >= 0.6 is 0 Å². The van der Waals surface area contributed by atoms with Crippen molar-refractivity contribution in [3.05, 3.63) is 42.5 Å². The Hall–Kier alpha value is -2.38. The van der Waals surface area contributed by atoms with E-state index < -0.39 is 11.1 Å². The van der Waals surface area contributed by atoms with Gasteiger partial charge in [-0.05, 0) is 40.5 Å². The van der Waals surface area contributed by atoms with Crippen molar-refractivity contribution in [2.45, 2.75) is 90.1 Å². The fourth-order valence-electron chi connectivity index (χ4n) is 4.52. The highest BCUT2D eigenvalue weighted by Gasteiger charge is 2.52. The van der Waals surface area contributed by atoms with Gasteiger partial charge in [0.25, 0.3) is 0 Å². The highest BCUT2D eigenvalue weighted by atomic mass is 16.6. The Morgan fingerprint density at radius 3 is 1.39 bits per heavy atom. The fourth-order valence-corrected chi connectivity index (χ4v) is 4.52. The summed E-state index contributed by atoms with van der Waals surface area (Å²) in [4.78, 5) is 47.0. The van der Waals surface area contributed by atoms with Gasteiger partial charge in [0.15, 0.2) is 11.6 Å². The lowest BCUT2D eigenvalue weighted by Crippen LogP contribution is -2.47. The smallest absolute Gasteiger partial charge is 0.227 e. The van der Waals surface area contributed by atoms with Gasteiger partial charge in [-0.2, -0.15) is 0 Å². The van der Waals surface area contributed by atoms with Crippen molar-refractivity contribution >= 4 is 11.6 Å². The Morgan fingerprint density at radius 1 is 0.821 bits per heavy atom. The van der Waals surface area contributed by atoms with Crippen molar-refractivity contribution in [3.8, 4) is 0 Å². The third-order valence-electron chi connectivity index (χ3n) is 6.65. The Labute approximate surface area is 164 Å². The molecule has 0 spiro atoms. The zero-order valence-corrected chi connectivity index (χ0v) is 17.0. The Bertz CT molecular complexity index is 731. The molecule has 0 N–H and O–H groups in total. The van der Waals surface area contributed by atoms with Crippen LogP contribution in [0.2, 0.25) is 0 Å². The number of hydrogen-bond acceptors (Lipinski definition) is 6. The van der Waals surface area contributed by atoms with E-state index in [4.69, 9.17) is 0 Å². The molecule has 0 radical (unpaired) electrons. The number of Topliss-reactive ketones (excluding diaryl/α,β-unsaturated/α-hetero) is 2. The Morgan fingerprint density at radius 2 is 1.14 bits per heavy atom. The lowest BCUT2D eigenvalue weighted by atomic mass is 9.69. The van der Waals surface area contributed by atoms with Gasteiger partial charge in [-0.1, -0.05) is 11.1 Å². The number of nitro groups is 2. The van der Waals surface area contributed by atoms with Crippen molar-refractivity contribution in [2.24, 2.45) is 0 Å². The van der Waals surface area contributed by atoms with E-state index in [1.807, 2.05) is 13.8 Å². The van der Waals surface area contributed by atoms with Crippen LogP contribution in [0, 0.1) is 20.2 Å². The number of ketones is 2. The molecule has 2 aliphatic rings. The second-order valence-corrected chi connectivity index (χ2v) is 8.45. The maximum Gasteiger partial charge on any atom is 0.227 e. The zero-order chi connectivity index (χ0) is 21.3. The van der Waals surface area contributed by atoms with Crippen LogP contribution in [-0.2, 0) is 9.59 Å². The number of allylic oxidation sites excluding steroid dienone is 2. The molecule has 0 bridgehead atoms. The van der Waals surface area contributed by atoms with Gasteiger partial charge >= 0.3 is 0 Å². The molecule has 0 amide bonds. The first-order valence-corrected chi connectivity index (χ1v) is 9.62. The van der Waals surface area contributed by atoms with E-state index in [2.05, 4.69) is 0 Å². The van der Waals surface area contributed by atoms with E-state index in [1.54, 1.807) is 0 Å². The first-order valence-electron chi connectivity index (χ1n) is 9.62. The van der Waals surface area contributed by atoms with Gasteiger partial charge < -0.3 is 0 Å². The molecule has 8 heteroatoms. The number of carbonyl (C=O) groups is 2. The first kappa shape index (κ1) is 21.9. The van der Waals surface area contributed by atoms with Crippen LogP contribution < -0.4 is 0 Å². The van der Waals surface area contributed by atoms with E-state index in [0.29, 0.717) is 24.0 Å². The minimum absolute atomic E-state index is 0.0173. The van der Waals surface area contributed by atoms with Crippen molar-refractivity contribution < 1.29 is 19.4 Å². The van der Waals surface area contributed by atoms with Crippen LogP contribution in [0.3, 0.4) is 0 Å². The SMILES string of the molecule is CC(=O)C1=C(C)CC[C@](CC[C@]2([N+](=O)[O-])CCC(C)=C(C(C)=O)C2)([N+](=O)[O-])C1. The fraction of sp³-hybridized carbons (Fsp3) is 0.700. The molecular formula is C20H28N2O6. The molecule has 2 aliphatic carbocycles. The van der Waals surface area contributed by atoms with Gasteiger partial charge in [0.1, 0.15) is 0 Å². The van der Waals surface area contributed by atoms with Crippen LogP contribution in [0.25, 0.3) is 0 Å². The molecule has 28 heavy (non-hydrogen) atoms. The molecule has 2 rings (SSSR count). The molecule has 0 saturated carbocycles. The summed E-state index contributed by atoms with van der Waals surface area (Å²) in [5, 5.41) is 23.9. The van der Waals surface area contributed by atoms with E-state index in [9.17, 15) is 29.8 Å². The van der Waals surface area contributed by atoms with E-state index >= 15 is 0 Å². The van der Waals surface area contributed by atoms with Crippen molar-refractivity contribution in [2.75, 3.05) is 0 Å². The number of hydrogen-bond donors (Lipinski definition) is 0. The number of carbonyl (C=O) groups excluding carboxylic acids is 2. The zero-order valence-electron chi connectivity index (χ0n) is 17.0. The number of nitrogens with zero attached hydrogens (tertiary/aromatic N) is 2. The van der Waals surface area contributed by atoms with Crippen molar-refractivity contribution in [1.82, 2.24) is 0 Å². The average molecular weight is 392 g/mol. The van der Waals surface area contributed by atoms with E-state index in [1.165, 1.54) is 13.8 Å². The summed E-state index contributed by atoms with van der Waals surface area (Å²) in [6.07, 6.45) is 1.51. The summed E-state index contributed by atoms with van der Waals surface area (Å²) < 4.78 is 0. The molecule has 0 aromatic carbocycles. The molecule has 8 nitrogen and oxygen atoms in total. The second kappa shape index (κ2) is 7.93. The van der Waals surface area contributed by atoms with Crippen LogP contribution in [0.1, 0.15) is 79.1 Å². The summed E-state index contributed by atoms with van der Waals surface area (Å²) in [5.41, 5.74) is -0.0522. The lowest BCUT2D eigenvalue weighted by molar-refractivity contribution is -0.590. The van der Waals surface area contributed by atoms with Crippen LogP contribution in [0.5, 0.6) is 0 Å². The third kappa shape index (κ3) is 4.05. The lowest BCUT2D eigenvalue weighted by Gasteiger charge is -2.35. The standard InChI is InChI=1S/C20H28N2O6/c1-13-5-7-19(21(25)26,11-17(13)15(3)23)9-10-20(22(27)28)8-6-14(2)18(12-20)16(4)24/h5-12H2,1-4H3/t19-,20-/m1/s1. The molecule has 0 heterocycles. The summed E-state index contributed by atoms with van der Waals surface area (Å²) in [6, 6.07) is 0. The van der Waals surface area contributed by atoms with Crippen LogP contribution in [0.4, 0.5) is 0 Å². The minimum Gasteiger partial charge on any atom is -0.295 e. The number of rotatable bonds is 7. The summed E-state index contributed by atoms with van der Waals surface area (Å²) in [6.45, 7) is 6.43. The quantitative estimate of drug-likeness (QED) is 0.477. The predicted molar refractivity (Wildman–Crippen MR) is 103 cm³/mol. The van der Waals surface area contributed by atoms with Gasteiger partial charge in [0, 0.05) is 59.5 Å². The molecule has 0 saturated heterocycles. The second-order valence-electron chi connectivity index (χ2n) is 8.45. The third-order valence-corrected chi connectivity index (χ3v) is 6.65. The van der Waals surface area contributed by atoms with Gasteiger partial charge in [-0.25, -0.2) is 0 Å². The molecule has 154 valence electrons.